The molecule has 106 valence electrons. The van der Waals surface area contributed by atoms with Crippen molar-refractivity contribution in [2.75, 3.05) is 13.2 Å². The molecule has 17 heavy (non-hydrogen) atoms. The van der Waals surface area contributed by atoms with Crippen molar-refractivity contribution in [1.82, 2.24) is 0 Å². The Morgan fingerprint density at radius 2 is 1.53 bits per heavy atom. The molecule has 5 N–H and O–H groups in total. The lowest BCUT2D eigenvalue weighted by Gasteiger charge is -2.23. The Labute approximate surface area is 107 Å². The van der Waals surface area contributed by atoms with Gasteiger partial charge in [-0.1, -0.05) is 13.8 Å². The van der Waals surface area contributed by atoms with Crippen molar-refractivity contribution >= 4 is 0 Å². The Kier molecular flexibility index (Phi) is 11.1. The fourth-order valence-corrected chi connectivity index (χ4v) is 1.15. The molecule has 0 fully saturated rings. The Morgan fingerprint density at radius 3 is 1.71 bits per heavy atom. The molecule has 0 aromatic carbocycles. The van der Waals surface area contributed by atoms with Crippen LogP contribution in [0.4, 0.5) is 0 Å². The highest BCUT2D eigenvalue weighted by Gasteiger charge is 2.16. The van der Waals surface area contributed by atoms with E-state index in [4.69, 9.17) is 21.3 Å². The van der Waals surface area contributed by atoms with Crippen LogP contribution in [0.1, 0.15) is 48.0 Å². The summed E-state index contributed by atoms with van der Waals surface area (Å²) in [4.78, 5) is 0. The minimum atomic E-state index is -0.451. The predicted octanol–water partition coefficient (Wildman–Crippen LogP) is 1.50. The van der Waals surface area contributed by atoms with Crippen LogP contribution in [0.2, 0.25) is 0 Å². The van der Waals surface area contributed by atoms with Gasteiger partial charge in [0.05, 0.1) is 18.8 Å². The van der Waals surface area contributed by atoms with E-state index in [2.05, 4.69) is 13.8 Å². The number of aliphatic hydroxyl groups excluding tert-OH is 1. The molecular formula is C13H32N2O2. The van der Waals surface area contributed by atoms with Crippen LogP contribution in [0.15, 0.2) is 0 Å². The fraction of sp³-hybridized carbons (Fsp3) is 1.00. The van der Waals surface area contributed by atoms with E-state index in [9.17, 15) is 0 Å². The van der Waals surface area contributed by atoms with Crippen LogP contribution in [0, 0.1) is 5.92 Å². The first kappa shape index (κ1) is 19.2. The minimum absolute atomic E-state index is 0.0275. The number of aliphatic hydroxyl groups is 1. The number of nitrogens with two attached hydrogens (primary N) is 2. The van der Waals surface area contributed by atoms with Crippen LogP contribution >= 0.6 is 0 Å². The van der Waals surface area contributed by atoms with Crippen molar-refractivity contribution in [1.29, 1.82) is 0 Å². The van der Waals surface area contributed by atoms with Crippen molar-refractivity contribution < 1.29 is 9.84 Å². The largest absolute Gasteiger partial charge is 0.393 e. The first-order chi connectivity index (χ1) is 7.60. The molecule has 2 unspecified atom stereocenters. The molecule has 0 aromatic heterocycles. The Balaban J connectivity index is 0. The smallest absolute Gasteiger partial charge is 0.0856 e. The maximum absolute atomic E-state index is 8.74. The van der Waals surface area contributed by atoms with Crippen molar-refractivity contribution in [3.63, 3.8) is 0 Å². The number of ether oxygens (including phenoxy) is 1. The zero-order chi connectivity index (χ0) is 14.1. The lowest BCUT2D eigenvalue weighted by Crippen LogP contribution is -2.34. The summed E-state index contributed by atoms with van der Waals surface area (Å²) in [6.45, 7) is 12.5. The lowest BCUT2D eigenvalue weighted by molar-refractivity contribution is -0.0569. The van der Waals surface area contributed by atoms with Crippen LogP contribution in [-0.4, -0.2) is 36.0 Å². The predicted molar refractivity (Wildman–Crippen MR) is 73.9 cm³/mol. The number of hydrogen-bond donors (Lipinski definition) is 3. The molecule has 4 nitrogen and oxygen atoms in total. The Morgan fingerprint density at radius 1 is 1.06 bits per heavy atom. The van der Waals surface area contributed by atoms with Crippen molar-refractivity contribution in [2.45, 2.75) is 65.6 Å². The summed E-state index contributed by atoms with van der Waals surface area (Å²) in [6, 6.07) is 0.408. The van der Waals surface area contributed by atoms with Crippen LogP contribution in [-0.2, 0) is 4.74 Å². The van der Waals surface area contributed by atoms with E-state index in [1.807, 2.05) is 27.7 Å². The number of rotatable bonds is 6. The van der Waals surface area contributed by atoms with Crippen LogP contribution < -0.4 is 11.5 Å². The van der Waals surface area contributed by atoms with Gasteiger partial charge in [0.1, 0.15) is 0 Å². The van der Waals surface area contributed by atoms with Gasteiger partial charge in [0.15, 0.2) is 0 Å². The monoisotopic (exact) mass is 248 g/mol. The van der Waals surface area contributed by atoms with Gasteiger partial charge in [-0.05, 0) is 40.0 Å². The van der Waals surface area contributed by atoms with E-state index < -0.39 is 5.60 Å². The summed E-state index contributed by atoms with van der Waals surface area (Å²) >= 11 is 0. The second-order valence-electron chi connectivity index (χ2n) is 5.81. The fourth-order valence-electron chi connectivity index (χ4n) is 1.15. The molecule has 0 amide bonds. The standard InChI is InChI=1S/C7H17NO2.C6H15N/c1-6(8)4-10-7(2,3)5-9;1-5(2)4-6(3)7/h6,9H,4-5,8H2,1-3H3;5-6H,4,7H2,1-3H3. The van der Waals surface area contributed by atoms with Crippen molar-refractivity contribution in [3.05, 3.63) is 0 Å². The Bertz CT molecular complexity index is 163. The zero-order valence-corrected chi connectivity index (χ0v) is 12.4. The zero-order valence-electron chi connectivity index (χ0n) is 12.4. The molecule has 0 aromatic rings. The average Bonchev–Trinajstić information content (AvgIpc) is 2.14. The van der Waals surface area contributed by atoms with Gasteiger partial charge in [-0.3, -0.25) is 0 Å². The van der Waals surface area contributed by atoms with Crippen LogP contribution in [0.3, 0.4) is 0 Å². The van der Waals surface area contributed by atoms with E-state index in [0.717, 1.165) is 12.3 Å². The first-order valence-corrected chi connectivity index (χ1v) is 6.36. The van der Waals surface area contributed by atoms with Gasteiger partial charge in [0, 0.05) is 12.1 Å². The molecule has 0 saturated heterocycles. The second-order valence-corrected chi connectivity index (χ2v) is 5.81. The molecule has 0 spiro atoms. The maximum Gasteiger partial charge on any atom is 0.0856 e. The molecule has 0 heterocycles. The molecule has 2 atom stereocenters. The van der Waals surface area contributed by atoms with Crippen LogP contribution in [0.5, 0.6) is 0 Å². The molecule has 4 heteroatoms. The van der Waals surface area contributed by atoms with Gasteiger partial charge >= 0.3 is 0 Å². The van der Waals surface area contributed by atoms with E-state index in [0.29, 0.717) is 12.6 Å². The summed E-state index contributed by atoms with van der Waals surface area (Å²) in [5.41, 5.74) is 10.5. The summed E-state index contributed by atoms with van der Waals surface area (Å²) in [5, 5.41) is 8.74. The van der Waals surface area contributed by atoms with Gasteiger partial charge in [0.2, 0.25) is 0 Å². The third kappa shape index (κ3) is 18.4. The highest BCUT2D eigenvalue weighted by molar-refractivity contribution is 4.67. The molecule has 0 aliphatic heterocycles. The minimum Gasteiger partial charge on any atom is -0.393 e. The normalized spacial score (nSPS) is 15.2. The maximum atomic E-state index is 8.74. The van der Waals surface area contributed by atoms with E-state index in [1.54, 1.807) is 0 Å². The van der Waals surface area contributed by atoms with Gasteiger partial charge in [0.25, 0.3) is 0 Å². The molecule has 0 aliphatic carbocycles. The van der Waals surface area contributed by atoms with Gasteiger partial charge < -0.3 is 21.3 Å². The highest BCUT2D eigenvalue weighted by Crippen LogP contribution is 2.06. The van der Waals surface area contributed by atoms with E-state index in [1.165, 1.54) is 0 Å². The quantitative estimate of drug-likeness (QED) is 0.665. The third-order valence-electron chi connectivity index (χ3n) is 1.96. The van der Waals surface area contributed by atoms with E-state index in [-0.39, 0.29) is 12.6 Å². The topological polar surface area (TPSA) is 81.5 Å². The van der Waals surface area contributed by atoms with Gasteiger partial charge in [-0.25, -0.2) is 0 Å². The first-order valence-electron chi connectivity index (χ1n) is 6.36. The van der Waals surface area contributed by atoms with E-state index >= 15 is 0 Å². The molecule has 0 radical (unpaired) electrons. The lowest BCUT2D eigenvalue weighted by atomic mass is 10.1. The van der Waals surface area contributed by atoms with Crippen LogP contribution in [0.25, 0.3) is 0 Å². The van der Waals surface area contributed by atoms with Gasteiger partial charge in [-0.2, -0.15) is 0 Å². The summed E-state index contributed by atoms with van der Waals surface area (Å²) in [5.74, 6) is 0.750. The molecule has 0 aliphatic rings. The average molecular weight is 248 g/mol. The Hall–Kier alpha value is -0.160. The van der Waals surface area contributed by atoms with Crippen molar-refractivity contribution in [3.8, 4) is 0 Å². The molecular weight excluding hydrogens is 216 g/mol. The summed E-state index contributed by atoms with van der Waals surface area (Å²) in [6.07, 6.45) is 1.14. The molecule has 0 rings (SSSR count). The number of hydrogen-bond acceptors (Lipinski definition) is 4. The SMILES string of the molecule is CC(C)CC(C)N.CC(N)COC(C)(C)CO. The van der Waals surface area contributed by atoms with Gasteiger partial charge in [-0.15, -0.1) is 0 Å². The molecule has 0 bridgehead atoms. The van der Waals surface area contributed by atoms with Crippen molar-refractivity contribution in [2.24, 2.45) is 17.4 Å². The summed E-state index contributed by atoms with van der Waals surface area (Å²) in [7, 11) is 0. The summed E-state index contributed by atoms with van der Waals surface area (Å²) < 4.78 is 5.27. The highest BCUT2D eigenvalue weighted by atomic mass is 16.5. The molecule has 0 saturated carbocycles. The second kappa shape index (κ2) is 9.83. The third-order valence-corrected chi connectivity index (χ3v) is 1.96.